The molecule has 1 heterocycles. The maximum atomic E-state index is 12.8. The number of methoxy groups -OCH3 is 1. The average molecular weight is 450 g/mol. The third kappa shape index (κ3) is 4.87. The second kappa shape index (κ2) is 10.3. The lowest BCUT2D eigenvalue weighted by Gasteiger charge is -2.07. The second-order valence-corrected chi connectivity index (χ2v) is 7.52. The zero-order valence-electron chi connectivity index (χ0n) is 18.5. The molecule has 7 nitrogen and oxygen atoms in total. The van der Waals surface area contributed by atoms with Crippen molar-refractivity contribution in [2.24, 2.45) is 4.99 Å². The highest BCUT2D eigenvalue weighted by Gasteiger charge is 2.27. The van der Waals surface area contributed by atoms with Gasteiger partial charge in [-0.2, -0.15) is 5.26 Å². The van der Waals surface area contributed by atoms with E-state index in [1.165, 1.54) is 0 Å². The molecule has 0 saturated carbocycles. The van der Waals surface area contributed by atoms with Gasteiger partial charge in [0.2, 0.25) is 0 Å². The van der Waals surface area contributed by atoms with Gasteiger partial charge < -0.3 is 15.4 Å². The number of ether oxygens (including phenoxy) is 1. The van der Waals surface area contributed by atoms with Gasteiger partial charge in [0.05, 0.1) is 12.8 Å². The van der Waals surface area contributed by atoms with Gasteiger partial charge in [-0.25, -0.2) is 4.99 Å². The van der Waals surface area contributed by atoms with Crippen LogP contribution < -0.4 is 15.4 Å². The third-order valence-electron chi connectivity index (χ3n) is 5.36. The van der Waals surface area contributed by atoms with Crippen molar-refractivity contribution in [3.8, 4) is 11.8 Å². The summed E-state index contributed by atoms with van der Waals surface area (Å²) in [5, 5.41) is 15.3. The van der Waals surface area contributed by atoms with Crippen molar-refractivity contribution in [1.82, 2.24) is 10.6 Å². The molecule has 2 amide bonds. The monoisotopic (exact) mass is 450 g/mol. The van der Waals surface area contributed by atoms with Crippen LogP contribution in [0.15, 0.2) is 89.4 Å². The Kier molecular flexibility index (Phi) is 6.80. The summed E-state index contributed by atoms with van der Waals surface area (Å²) in [7, 11) is 1.55. The summed E-state index contributed by atoms with van der Waals surface area (Å²) >= 11 is 0. The molecule has 0 fully saturated rings. The van der Waals surface area contributed by atoms with Gasteiger partial charge in [-0.05, 0) is 36.2 Å². The van der Waals surface area contributed by atoms with Crippen molar-refractivity contribution in [2.75, 3.05) is 13.7 Å². The molecule has 3 aromatic carbocycles. The Morgan fingerprint density at radius 3 is 2.29 bits per heavy atom. The fraction of sp³-hybridized carbons (Fsp3) is 0.111. The molecule has 34 heavy (non-hydrogen) atoms. The highest BCUT2D eigenvalue weighted by atomic mass is 16.5. The van der Waals surface area contributed by atoms with Gasteiger partial charge in [-0.15, -0.1) is 0 Å². The number of hydrogen-bond donors (Lipinski definition) is 2. The Bertz CT molecular complexity index is 1320. The van der Waals surface area contributed by atoms with E-state index in [9.17, 15) is 14.9 Å². The van der Waals surface area contributed by atoms with Gasteiger partial charge in [0.1, 0.15) is 23.2 Å². The van der Waals surface area contributed by atoms with Crippen LogP contribution in [0.3, 0.4) is 0 Å². The summed E-state index contributed by atoms with van der Waals surface area (Å²) in [6, 6.07) is 25.6. The molecule has 0 unspecified atom stereocenters. The van der Waals surface area contributed by atoms with E-state index in [-0.39, 0.29) is 23.0 Å². The first-order valence-corrected chi connectivity index (χ1v) is 10.7. The third-order valence-corrected chi connectivity index (χ3v) is 5.36. The van der Waals surface area contributed by atoms with E-state index < -0.39 is 5.91 Å². The largest absolute Gasteiger partial charge is 0.497 e. The number of aliphatic imine (C=N–C) groups is 1. The molecule has 3 aromatic rings. The van der Waals surface area contributed by atoms with E-state index in [4.69, 9.17) is 4.74 Å². The van der Waals surface area contributed by atoms with Crippen LogP contribution >= 0.6 is 0 Å². The summed E-state index contributed by atoms with van der Waals surface area (Å²) in [6.07, 6.45) is 0.643. The minimum absolute atomic E-state index is 0.103. The average Bonchev–Trinajstić information content (AvgIpc) is 3.23. The molecule has 0 spiro atoms. The molecule has 0 aromatic heterocycles. The Morgan fingerprint density at radius 2 is 1.62 bits per heavy atom. The highest BCUT2D eigenvalue weighted by Crippen LogP contribution is 2.30. The number of nitriles is 1. The van der Waals surface area contributed by atoms with E-state index in [1.54, 1.807) is 49.6 Å². The lowest BCUT2D eigenvalue weighted by atomic mass is 10.0. The van der Waals surface area contributed by atoms with Crippen molar-refractivity contribution in [3.63, 3.8) is 0 Å². The van der Waals surface area contributed by atoms with Crippen LogP contribution in [0, 0.1) is 11.3 Å². The maximum absolute atomic E-state index is 12.8. The molecule has 0 atom stereocenters. The lowest BCUT2D eigenvalue weighted by molar-refractivity contribution is -0.117. The predicted molar refractivity (Wildman–Crippen MR) is 129 cm³/mol. The smallest absolute Gasteiger partial charge is 0.264 e. The number of benzene rings is 3. The molecular formula is C27H22N4O3. The molecule has 0 aliphatic carbocycles. The van der Waals surface area contributed by atoms with E-state index in [1.807, 2.05) is 42.5 Å². The number of carbonyl (C=O) groups excluding carboxylic acids is 2. The highest BCUT2D eigenvalue weighted by molar-refractivity contribution is 6.20. The first-order chi connectivity index (χ1) is 16.6. The van der Waals surface area contributed by atoms with E-state index in [0.29, 0.717) is 35.4 Å². The molecule has 0 saturated heterocycles. The number of nitrogens with zero attached hydrogens (tertiary/aromatic N) is 2. The fourth-order valence-electron chi connectivity index (χ4n) is 3.60. The van der Waals surface area contributed by atoms with Crippen LogP contribution in [-0.2, 0) is 11.2 Å². The standard InChI is InChI=1S/C27H22N4O3/c1-34-20-13-11-19(12-14-20)26(32)31-25-22-10-6-5-9-21(22)24(30-25)23(17-28)27(33)29-16-15-18-7-3-2-4-8-18/h2-14H,15-16H2,1H3,(H,29,33)(H,30,31,32). The quantitative estimate of drug-likeness (QED) is 0.443. The molecule has 0 bridgehead atoms. The molecule has 0 radical (unpaired) electrons. The summed E-state index contributed by atoms with van der Waals surface area (Å²) in [5.74, 6) is 0.0662. The lowest BCUT2D eigenvalue weighted by Crippen LogP contribution is -2.30. The molecule has 1 aliphatic rings. The first-order valence-electron chi connectivity index (χ1n) is 10.7. The fourth-order valence-corrected chi connectivity index (χ4v) is 3.60. The summed E-state index contributed by atoms with van der Waals surface area (Å²) in [4.78, 5) is 30.1. The molecule has 4 rings (SSSR count). The topological polar surface area (TPSA) is 104 Å². The summed E-state index contributed by atoms with van der Waals surface area (Å²) in [6.45, 7) is 0.383. The van der Waals surface area contributed by atoms with Crippen molar-refractivity contribution < 1.29 is 14.3 Å². The van der Waals surface area contributed by atoms with E-state index in [0.717, 1.165) is 5.56 Å². The van der Waals surface area contributed by atoms with E-state index in [2.05, 4.69) is 15.6 Å². The van der Waals surface area contributed by atoms with Crippen LogP contribution in [0.5, 0.6) is 5.75 Å². The number of rotatable bonds is 6. The van der Waals surface area contributed by atoms with Gasteiger partial charge in [0.15, 0.2) is 0 Å². The predicted octanol–water partition coefficient (Wildman–Crippen LogP) is 3.48. The molecule has 7 heteroatoms. The number of hydrogen-bond acceptors (Lipinski definition) is 5. The van der Waals surface area contributed by atoms with Crippen LogP contribution in [0.1, 0.15) is 27.0 Å². The number of amidine groups is 1. The van der Waals surface area contributed by atoms with Crippen molar-refractivity contribution in [2.45, 2.75) is 6.42 Å². The normalized spacial score (nSPS) is 13.2. The SMILES string of the molecule is COc1ccc(C(=O)NC2=NC(=C(C#N)C(=O)NCCc3ccccc3)c3ccccc32)cc1. The van der Waals surface area contributed by atoms with Crippen molar-refractivity contribution in [1.29, 1.82) is 5.26 Å². The minimum atomic E-state index is -0.505. The second-order valence-electron chi connectivity index (χ2n) is 7.52. The summed E-state index contributed by atoms with van der Waals surface area (Å²) in [5.41, 5.74) is 2.90. The first kappa shape index (κ1) is 22.5. The minimum Gasteiger partial charge on any atom is -0.497 e. The van der Waals surface area contributed by atoms with Gasteiger partial charge in [-0.3, -0.25) is 9.59 Å². The zero-order valence-corrected chi connectivity index (χ0v) is 18.5. The van der Waals surface area contributed by atoms with Crippen molar-refractivity contribution >= 4 is 23.3 Å². The molecular weight excluding hydrogens is 428 g/mol. The number of fused-ring (bicyclic) bond motifs is 1. The van der Waals surface area contributed by atoms with Gasteiger partial charge in [0, 0.05) is 23.2 Å². The number of amides is 2. The van der Waals surface area contributed by atoms with Crippen LogP contribution in [0.4, 0.5) is 0 Å². The maximum Gasteiger partial charge on any atom is 0.264 e. The summed E-state index contributed by atoms with van der Waals surface area (Å²) < 4.78 is 5.13. The molecule has 168 valence electrons. The van der Waals surface area contributed by atoms with Gasteiger partial charge >= 0.3 is 0 Å². The Balaban J connectivity index is 1.56. The molecule has 2 N–H and O–H groups in total. The van der Waals surface area contributed by atoms with Crippen LogP contribution in [-0.4, -0.2) is 31.3 Å². The van der Waals surface area contributed by atoms with Crippen LogP contribution in [0.2, 0.25) is 0 Å². The number of carbonyl (C=O) groups is 2. The Morgan fingerprint density at radius 1 is 0.941 bits per heavy atom. The van der Waals surface area contributed by atoms with Gasteiger partial charge in [0.25, 0.3) is 11.8 Å². The van der Waals surface area contributed by atoms with Gasteiger partial charge in [-0.1, -0.05) is 54.6 Å². The van der Waals surface area contributed by atoms with Crippen molar-refractivity contribution in [3.05, 3.63) is 107 Å². The van der Waals surface area contributed by atoms with E-state index >= 15 is 0 Å². The Labute approximate surface area is 197 Å². The number of nitrogens with one attached hydrogen (secondary N) is 2. The zero-order chi connectivity index (χ0) is 23.9. The molecule has 1 aliphatic heterocycles. The Hall–Kier alpha value is -4.70. The van der Waals surface area contributed by atoms with Crippen LogP contribution in [0.25, 0.3) is 5.70 Å².